The van der Waals surface area contributed by atoms with Crippen molar-refractivity contribution in [2.24, 2.45) is 0 Å². The highest BCUT2D eigenvalue weighted by atomic mass is 32.1. The number of aromatic nitrogens is 2. The molecule has 0 radical (unpaired) electrons. The van der Waals surface area contributed by atoms with Crippen molar-refractivity contribution in [2.45, 2.75) is 45.9 Å². The number of hydrogen-bond acceptors (Lipinski definition) is 6. The molecule has 0 amide bonds. The van der Waals surface area contributed by atoms with Crippen molar-refractivity contribution in [3.05, 3.63) is 106 Å². The lowest BCUT2D eigenvalue weighted by Gasteiger charge is -2.28. The SMILES string of the molecule is COc1ccc([N+](=O)[O-])cc1-n1c(C)cc([C@H]2[C@@H](c3ccccn3)NC(=S)N2c2ccc(OC(C)C)cc2)c1C. The molecule has 1 saturated heterocycles. The minimum Gasteiger partial charge on any atom is -0.495 e. The van der Waals surface area contributed by atoms with Crippen LogP contribution in [0.4, 0.5) is 11.4 Å². The van der Waals surface area contributed by atoms with Crippen LogP contribution < -0.4 is 19.7 Å². The molecule has 10 heteroatoms. The van der Waals surface area contributed by atoms with Gasteiger partial charge in [-0.3, -0.25) is 15.1 Å². The quantitative estimate of drug-likeness (QED) is 0.152. The number of nitro groups is 1. The number of aryl methyl sites for hydroxylation is 1. The van der Waals surface area contributed by atoms with E-state index < -0.39 is 4.92 Å². The van der Waals surface area contributed by atoms with Crippen LogP contribution in [-0.2, 0) is 0 Å². The van der Waals surface area contributed by atoms with Crippen LogP contribution >= 0.6 is 12.2 Å². The van der Waals surface area contributed by atoms with Crippen LogP contribution in [0.15, 0.2) is 72.9 Å². The second kappa shape index (κ2) is 11.0. The molecule has 1 aliphatic heterocycles. The molecule has 5 rings (SSSR count). The number of methoxy groups -OCH3 is 1. The van der Waals surface area contributed by atoms with Gasteiger partial charge in [-0.15, -0.1) is 0 Å². The van der Waals surface area contributed by atoms with Crippen molar-refractivity contribution < 1.29 is 14.4 Å². The number of ether oxygens (including phenoxy) is 2. The number of anilines is 1. The number of rotatable bonds is 8. The first-order chi connectivity index (χ1) is 19.2. The summed E-state index contributed by atoms with van der Waals surface area (Å²) in [6.07, 6.45) is 1.84. The van der Waals surface area contributed by atoms with E-state index in [4.69, 9.17) is 21.7 Å². The van der Waals surface area contributed by atoms with Gasteiger partial charge in [0.05, 0.1) is 41.6 Å². The molecule has 0 unspecified atom stereocenters. The van der Waals surface area contributed by atoms with Crippen molar-refractivity contribution >= 4 is 28.7 Å². The van der Waals surface area contributed by atoms with Crippen molar-refractivity contribution in [1.29, 1.82) is 0 Å². The number of nitrogens with one attached hydrogen (secondary N) is 1. The molecule has 2 atom stereocenters. The molecule has 40 heavy (non-hydrogen) atoms. The van der Waals surface area contributed by atoms with Gasteiger partial charge < -0.3 is 24.3 Å². The molecule has 2 aromatic carbocycles. The summed E-state index contributed by atoms with van der Waals surface area (Å²) in [4.78, 5) is 17.9. The van der Waals surface area contributed by atoms with E-state index >= 15 is 0 Å². The van der Waals surface area contributed by atoms with Crippen LogP contribution in [0.2, 0.25) is 0 Å². The molecule has 3 heterocycles. The predicted octanol–water partition coefficient (Wildman–Crippen LogP) is 6.37. The zero-order valence-electron chi connectivity index (χ0n) is 23.0. The summed E-state index contributed by atoms with van der Waals surface area (Å²) in [5.41, 5.74) is 5.19. The summed E-state index contributed by atoms with van der Waals surface area (Å²) in [5.74, 6) is 1.32. The van der Waals surface area contributed by atoms with Crippen molar-refractivity contribution in [1.82, 2.24) is 14.9 Å². The molecule has 0 spiro atoms. The summed E-state index contributed by atoms with van der Waals surface area (Å²) < 4.78 is 13.5. The highest BCUT2D eigenvalue weighted by Gasteiger charge is 2.42. The zero-order chi connectivity index (χ0) is 28.6. The molecule has 0 bridgehead atoms. The van der Waals surface area contributed by atoms with Gasteiger partial charge in [0.25, 0.3) is 5.69 Å². The molecule has 4 aromatic rings. The maximum absolute atomic E-state index is 11.6. The number of non-ortho nitro benzene ring substituents is 1. The van der Waals surface area contributed by atoms with E-state index in [-0.39, 0.29) is 23.9 Å². The Kier molecular flexibility index (Phi) is 7.44. The fraction of sp³-hybridized carbons (Fsp3) is 0.267. The molecule has 1 aliphatic rings. The van der Waals surface area contributed by atoms with Crippen LogP contribution in [0.5, 0.6) is 11.5 Å². The van der Waals surface area contributed by atoms with Gasteiger partial charge in [-0.25, -0.2) is 0 Å². The van der Waals surface area contributed by atoms with Gasteiger partial charge in [-0.2, -0.15) is 0 Å². The van der Waals surface area contributed by atoms with E-state index in [2.05, 4.69) is 21.3 Å². The lowest BCUT2D eigenvalue weighted by Crippen LogP contribution is -2.29. The third kappa shape index (κ3) is 4.98. The predicted molar refractivity (Wildman–Crippen MR) is 159 cm³/mol. The van der Waals surface area contributed by atoms with E-state index in [1.54, 1.807) is 25.4 Å². The van der Waals surface area contributed by atoms with Crippen LogP contribution in [0.3, 0.4) is 0 Å². The molecular formula is C30H31N5O4S. The summed E-state index contributed by atoms with van der Waals surface area (Å²) >= 11 is 5.90. The maximum Gasteiger partial charge on any atom is 0.271 e. The first-order valence-corrected chi connectivity index (χ1v) is 13.4. The first kappa shape index (κ1) is 27.1. The van der Waals surface area contributed by atoms with E-state index in [0.29, 0.717) is 16.5 Å². The maximum atomic E-state index is 11.6. The largest absolute Gasteiger partial charge is 0.495 e. The number of hydrogen-bond donors (Lipinski definition) is 1. The third-order valence-electron chi connectivity index (χ3n) is 6.99. The monoisotopic (exact) mass is 557 g/mol. The van der Waals surface area contributed by atoms with Gasteiger partial charge in [0.2, 0.25) is 0 Å². The molecular weight excluding hydrogens is 526 g/mol. The van der Waals surface area contributed by atoms with Crippen LogP contribution in [0, 0.1) is 24.0 Å². The van der Waals surface area contributed by atoms with Gasteiger partial charge >= 0.3 is 0 Å². The van der Waals surface area contributed by atoms with Crippen molar-refractivity contribution in [3.8, 4) is 17.2 Å². The second-order valence-electron chi connectivity index (χ2n) is 9.93. The number of nitrogens with zero attached hydrogens (tertiary/aromatic N) is 4. The first-order valence-electron chi connectivity index (χ1n) is 13.0. The van der Waals surface area contributed by atoms with Gasteiger partial charge in [0.1, 0.15) is 11.5 Å². The topological polar surface area (TPSA) is 94.7 Å². The minimum atomic E-state index is -0.400. The third-order valence-corrected chi connectivity index (χ3v) is 7.30. The molecule has 1 fully saturated rings. The average molecular weight is 558 g/mol. The van der Waals surface area contributed by atoms with Crippen LogP contribution in [-0.4, -0.2) is 32.8 Å². The summed E-state index contributed by atoms with van der Waals surface area (Å²) in [7, 11) is 1.56. The van der Waals surface area contributed by atoms with Crippen molar-refractivity contribution in [3.63, 3.8) is 0 Å². The van der Waals surface area contributed by atoms with Gasteiger partial charge in [-0.1, -0.05) is 6.07 Å². The Hall–Kier alpha value is -4.44. The van der Waals surface area contributed by atoms with Crippen LogP contribution in [0.1, 0.15) is 48.6 Å². The molecule has 206 valence electrons. The van der Waals surface area contributed by atoms with E-state index in [9.17, 15) is 10.1 Å². The summed E-state index contributed by atoms with van der Waals surface area (Å²) in [6.45, 7) is 7.98. The Bertz CT molecular complexity index is 1550. The summed E-state index contributed by atoms with van der Waals surface area (Å²) in [5, 5.41) is 15.7. The fourth-order valence-corrected chi connectivity index (χ4v) is 5.68. The zero-order valence-corrected chi connectivity index (χ0v) is 23.8. The van der Waals surface area contributed by atoms with Gasteiger partial charge in [-0.05, 0) is 94.0 Å². The van der Waals surface area contributed by atoms with E-state index in [0.717, 1.165) is 34.1 Å². The molecule has 2 aromatic heterocycles. The Balaban J connectivity index is 1.66. The van der Waals surface area contributed by atoms with Crippen LogP contribution in [0.25, 0.3) is 5.69 Å². The highest BCUT2D eigenvalue weighted by Crippen LogP contribution is 2.44. The second-order valence-corrected chi connectivity index (χ2v) is 10.3. The van der Waals surface area contributed by atoms with Gasteiger partial charge in [0, 0.05) is 35.4 Å². The number of pyridine rings is 1. The Morgan fingerprint density at radius 3 is 2.45 bits per heavy atom. The normalized spacial score (nSPS) is 16.8. The van der Waals surface area contributed by atoms with Gasteiger partial charge in [0.15, 0.2) is 5.11 Å². The van der Waals surface area contributed by atoms with E-state index in [1.165, 1.54) is 6.07 Å². The molecule has 0 saturated carbocycles. The Labute approximate surface area is 238 Å². The highest BCUT2D eigenvalue weighted by molar-refractivity contribution is 7.80. The standard InChI is InChI=1S/C30H31N5O4S/c1-18(2)39-23-12-9-21(10-13-23)34-29(28(32-30(34)40)25-8-6-7-15-31-25)24-16-19(3)33(20(24)4)26-17-22(35(36)37)11-14-27(26)38-5/h6-18,28-29H,1-5H3,(H,32,40)/t28-,29+/m1/s1. The number of nitro benzene ring substituents is 1. The van der Waals surface area contributed by atoms with E-state index in [1.807, 2.05) is 74.7 Å². The molecule has 1 N–H and O–H groups in total. The fourth-order valence-electron chi connectivity index (χ4n) is 5.33. The smallest absolute Gasteiger partial charge is 0.271 e. The lowest BCUT2D eigenvalue weighted by molar-refractivity contribution is -0.384. The Morgan fingerprint density at radius 1 is 1.07 bits per heavy atom. The summed E-state index contributed by atoms with van der Waals surface area (Å²) in [6, 6.07) is 20.0. The number of benzene rings is 2. The minimum absolute atomic E-state index is 0.00902. The lowest BCUT2D eigenvalue weighted by atomic mass is 9.96. The van der Waals surface area contributed by atoms with Crippen molar-refractivity contribution in [2.75, 3.05) is 12.0 Å². The Morgan fingerprint density at radius 2 is 1.82 bits per heavy atom. The molecule has 0 aliphatic carbocycles. The number of thiocarbonyl (C=S) groups is 1. The molecule has 9 nitrogen and oxygen atoms in total. The average Bonchev–Trinajstić information content (AvgIpc) is 3.43.